The van der Waals surface area contributed by atoms with Crippen LogP contribution in [0.1, 0.15) is 29.2 Å². The van der Waals surface area contributed by atoms with Gasteiger partial charge in [0.2, 0.25) is 0 Å². The van der Waals surface area contributed by atoms with Crippen molar-refractivity contribution in [3.8, 4) is 0 Å². The molecule has 24 heavy (non-hydrogen) atoms. The quantitative estimate of drug-likeness (QED) is 0.706. The van der Waals surface area contributed by atoms with Gasteiger partial charge in [-0.15, -0.1) is 0 Å². The summed E-state index contributed by atoms with van der Waals surface area (Å²) in [5.74, 6) is -0.0728. The largest absolute Gasteiger partial charge is 0.472 e. The molecule has 0 aliphatic carbocycles. The van der Waals surface area contributed by atoms with Crippen LogP contribution in [-0.4, -0.2) is 43.0 Å². The second kappa shape index (κ2) is 5.63. The van der Waals surface area contributed by atoms with Gasteiger partial charge in [-0.05, 0) is 18.9 Å². The molecule has 0 radical (unpaired) electrons. The molecule has 8 heteroatoms. The lowest BCUT2D eigenvalue weighted by atomic mass is 10.0. The zero-order chi connectivity index (χ0) is 16.7. The van der Waals surface area contributed by atoms with E-state index in [-0.39, 0.29) is 17.6 Å². The van der Waals surface area contributed by atoms with Crippen molar-refractivity contribution in [3.63, 3.8) is 0 Å². The Balaban J connectivity index is 1.69. The van der Waals surface area contributed by atoms with Crippen LogP contribution in [0.2, 0.25) is 0 Å². The van der Waals surface area contributed by atoms with Crippen molar-refractivity contribution in [3.05, 3.63) is 47.2 Å². The number of likely N-dealkylation sites (tertiary alicyclic amines) is 1. The van der Waals surface area contributed by atoms with Crippen molar-refractivity contribution >= 4 is 17.1 Å². The van der Waals surface area contributed by atoms with Crippen molar-refractivity contribution in [2.24, 2.45) is 7.05 Å². The van der Waals surface area contributed by atoms with Crippen LogP contribution >= 0.6 is 0 Å². The van der Waals surface area contributed by atoms with Crippen LogP contribution in [0.25, 0.3) is 11.2 Å². The van der Waals surface area contributed by atoms with Gasteiger partial charge in [0.25, 0.3) is 5.91 Å². The molecule has 1 saturated heterocycles. The normalized spacial score (nSPS) is 18.2. The highest BCUT2D eigenvalue weighted by Gasteiger charge is 2.29. The molecule has 3 aromatic rings. The SMILES string of the molecule is Cn1c(=O)n(C2CCCN(C(=O)c3ccoc3)C2)c2ncncc21. The Bertz CT molecular complexity index is 940. The monoisotopic (exact) mass is 327 g/mol. The number of hydrogen-bond donors (Lipinski definition) is 0. The van der Waals surface area contributed by atoms with Crippen molar-refractivity contribution in [1.29, 1.82) is 0 Å². The van der Waals surface area contributed by atoms with Gasteiger partial charge in [0.1, 0.15) is 18.1 Å². The van der Waals surface area contributed by atoms with Gasteiger partial charge in [0.15, 0.2) is 5.65 Å². The first kappa shape index (κ1) is 14.7. The van der Waals surface area contributed by atoms with E-state index in [0.717, 1.165) is 12.8 Å². The lowest BCUT2D eigenvalue weighted by Gasteiger charge is -2.32. The van der Waals surface area contributed by atoms with Gasteiger partial charge in [-0.3, -0.25) is 13.9 Å². The maximum absolute atomic E-state index is 12.6. The molecular formula is C16H17N5O3. The maximum atomic E-state index is 12.6. The number of aryl methyl sites for hydroxylation is 1. The minimum absolute atomic E-state index is 0.0728. The number of carbonyl (C=O) groups is 1. The van der Waals surface area contributed by atoms with Crippen LogP contribution in [-0.2, 0) is 7.05 Å². The van der Waals surface area contributed by atoms with E-state index >= 15 is 0 Å². The van der Waals surface area contributed by atoms with Crippen LogP contribution in [0.15, 0.2) is 40.3 Å². The molecule has 4 rings (SSSR count). The van der Waals surface area contributed by atoms with E-state index in [4.69, 9.17) is 4.42 Å². The van der Waals surface area contributed by atoms with Crippen molar-refractivity contribution in [1.82, 2.24) is 24.0 Å². The maximum Gasteiger partial charge on any atom is 0.330 e. The molecule has 4 heterocycles. The highest BCUT2D eigenvalue weighted by Crippen LogP contribution is 2.24. The van der Waals surface area contributed by atoms with E-state index in [2.05, 4.69) is 9.97 Å². The number of rotatable bonds is 2. The van der Waals surface area contributed by atoms with E-state index in [1.807, 2.05) is 0 Å². The van der Waals surface area contributed by atoms with Gasteiger partial charge >= 0.3 is 5.69 Å². The fraction of sp³-hybridized carbons (Fsp3) is 0.375. The fourth-order valence-electron chi connectivity index (χ4n) is 3.34. The molecule has 0 bridgehead atoms. The van der Waals surface area contributed by atoms with Crippen molar-refractivity contribution in [2.75, 3.05) is 13.1 Å². The molecule has 1 fully saturated rings. The summed E-state index contributed by atoms with van der Waals surface area (Å²) in [6.07, 6.45) is 7.68. The zero-order valence-corrected chi connectivity index (χ0v) is 13.3. The number of carbonyl (C=O) groups excluding carboxylic acids is 1. The third kappa shape index (κ3) is 2.22. The number of piperidine rings is 1. The van der Waals surface area contributed by atoms with Gasteiger partial charge in [0, 0.05) is 20.1 Å². The standard InChI is InChI=1S/C16H17N5O3/c1-19-13-7-17-10-18-14(13)21(16(19)23)12-3-2-5-20(8-12)15(22)11-4-6-24-9-11/h4,6-7,9-10,12H,2-3,5,8H2,1H3. The number of amides is 1. The van der Waals surface area contributed by atoms with E-state index in [0.29, 0.717) is 29.8 Å². The van der Waals surface area contributed by atoms with Crippen LogP contribution in [0, 0.1) is 0 Å². The first-order chi connectivity index (χ1) is 11.7. The second-order valence-corrected chi connectivity index (χ2v) is 6.00. The molecule has 1 amide bonds. The van der Waals surface area contributed by atoms with Crippen LogP contribution in [0.4, 0.5) is 0 Å². The summed E-state index contributed by atoms with van der Waals surface area (Å²) in [7, 11) is 1.71. The van der Waals surface area contributed by atoms with Gasteiger partial charge in [-0.1, -0.05) is 0 Å². The summed E-state index contributed by atoms with van der Waals surface area (Å²) in [6.45, 7) is 1.15. The number of fused-ring (bicyclic) bond motifs is 1. The first-order valence-electron chi connectivity index (χ1n) is 7.85. The summed E-state index contributed by atoms with van der Waals surface area (Å²) < 4.78 is 8.23. The molecule has 1 atom stereocenters. The molecular weight excluding hydrogens is 310 g/mol. The second-order valence-electron chi connectivity index (χ2n) is 6.00. The Morgan fingerprint density at radius 2 is 2.29 bits per heavy atom. The van der Waals surface area contributed by atoms with Gasteiger partial charge in [-0.2, -0.15) is 0 Å². The summed E-state index contributed by atoms with van der Waals surface area (Å²) in [4.78, 5) is 35.2. The van der Waals surface area contributed by atoms with E-state index in [1.165, 1.54) is 18.9 Å². The molecule has 1 aliphatic heterocycles. The predicted molar refractivity (Wildman–Crippen MR) is 85.7 cm³/mol. The molecule has 8 nitrogen and oxygen atoms in total. The van der Waals surface area contributed by atoms with Crippen LogP contribution in [0.5, 0.6) is 0 Å². The number of imidazole rings is 1. The first-order valence-corrected chi connectivity index (χ1v) is 7.85. The van der Waals surface area contributed by atoms with Gasteiger partial charge < -0.3 is 9.32 Å². The number of furan rings is 1. The predicted octanol–water partition coefficient (Wildman–Crippen LogP) is 1.20. The molecule has 0 aromatic carbocycles. The van der Waals surface area contributed by atoms with E-state index in [9.17, 15) is 9.59 Å². The van der Waals surface area contributed by atoms with E-state index < -0.39 is 0 Å². The van der Waals surface area contributed by atoms with Crippen molar-refractivity contribution in [2.45, 2.75) is 18.9 Å². The molecule has 124 valence electrons. The minimum atomic E-state index is -0.131. The van der Waals surface area contributed by atoms with Gasteiger partial charge in [0.05, 0.1) is 24.1 Å². The lowest BCUT2D eigenvalue weighted by Crippen LogP contribution is -2.42. The Hall–Kier alpha value is -2.90. The van der Waals surface area contributed by atoms with Crippen molar-refractivity contribution < 1.29 is 9.21 Å². The van der Waals surface area contributed by atoms with Gasteiger partial charge in [-0.25, -0.2) is 14.8 Å². The van der Waals surface area contributed by atoms with Crippen LogP contribution < -0.4 is 5.69 Å². The molecule has 3 aromatic heterocycles. The highest BCUT2D eigenvalue weighted by molar-refractivity contribution is 5.93. The Morgan fingerprint density at radius 3 is 3.08 bits per heavy atom. The molecule has 0 spiro atoms. The minimum Gasteiger partial charge on any atom is -0.472 e. The summed E-state index contributed by atoms with van der Waals surface area (Å²) in [5.41, 5.74) is 1.71. The summed E-state index contributed by atoms with van der Waals surface area (Å²) in [5, 5.41) is 0. The average molecular weight is 327 g/mol. The zero-order valence-electron chi connectivity index (χ0n) is 13.3. The fourth-order valence-corrected chi connectivity index (χ4v) is 3.34. The van der Waals surface area contributed by atoms with E-state index in [1.54, 1.807) is 33.3 Å². The molecule has 1 unspecified atom stereocenters. The average Bonchev–Trinajstić information content (AvgIpc) is 3.23. The highest BCUT2D eigenvalue weighted by atomic mass is 16.3. The topological polar surface area (TPSA) is 86.2 Å². The summed E-state index contributed by atoms with van der Waals surface area (Å²) in [6, 6.07) is 1.56. The molecule has 0 saturated carbocycles. The molecule has 0 N–H and O–H groups in total. The lowest BCUT2D eigenvalue weighted by molar-refractivity contribution is 0.0678. The number of nitrogens with zero attached hydrogens (tertiary/aromatic N) is 5. The number of aromatic nitrogens is 4. The van der Waals surface area contributed by atoms with Crippen LogP contribution in [0.3, 0.4) is 0 Å². The third-order valence-corrected chi connectivity index (χ3v) is 4.57. The molecule has 1 aliphatic rings. The Morgan fingerprint density at radius 1 is 1.42 bits per heavy atom. The Labute approximate surface area is 137 Å². The smallest absolute Gasteiger partial charge is 0.330 e. The number of hydrogen-bond acceptors (Lipinski definition) is 5. The Kier molecular flexibility index (Phi) is 3.44. The summed E-state index contributed by atoms with van der Waals surface area (Å²) >= 11 is 0. The third-order valence-electron chi connectivity index (χ3n) is 4.57.